The Morgan fingerprint density at radius 3 is 2.14 bits per heavy atom. The van der Waals surface area contributed by atoms with Crippen LogP contribution in [0.3, 0.4) is 0 Å². The maximum atomic E-state index is 10.2. The summed E-state index contributed by atoms with van der Waals surface area (Å²) in [5.74, 6) is 0. The molecule has 0 saturated heterocycles. The van der Waals surface area contributed by atoms with Gasteiger partial charge in [0.25, 0.3) is 0 Å². The van der Waals surface area contributed by atoms with Gasteiger partial charge in [0.2, 0.25) is 0 Å². The minimum Gasteiger partial charge on any atom is -0.393 e. The Hall–Kier alpha value is -0.160. The van der Waals surface area contributed by atoms with E-state index in [9.17, 15) is 20.4 Å². The summed E-state index contributed by atoms with van der Waals surface area (Å²) in [5, 5.41) is 39.5. The Morgan fingerprint density at radius 2 is 1.71 bits per heavy atom. The fraction of sp³-hybridized carbons (Fsp3) is 1.00. The second kappa shape index (κ2) is 3.17. The van der Waals surface area contributed by atoms with Gasteiger partial charge in [-0.15, -0.1) is 0 Å². The predicted molar refractivity (Wildman–Crippen MR) is 49.6 cm³/mol. The highest BCUT2D eigenvalue weighted by atomic mass is 16.4. The van der Waals surface area contributed by atoms with Crippen LogP contribution < -0.4 is 0 Å². The average molecular weight is 202 g/mol. The molecule has 2 aliphatic carbocycles. The highest BCUT2D eigenvalue weighted by Crippen LogP contribution is 2.46. The lowest BCUT2D eigenvalue weighted by Crippen LogP contribution is -2.57. The van der Waals surface area contributed by atoms with Crippen molar-refractivity contribution in [1.29, 1.82) is 0 Å². The molecule has 4 unspecified atom stereocenters. The second-order valence-corrected chi connectivity index (χ2v) is 4.76. The molecule has 0 bridgehead atoms. The van der Waals surface area contributed by atoms with Gasteiger partial charge in [-0.05, 0) is 32.1 Å². The molecule has 2 rings (SSSR count). The lowest BCUT2D eigenvalue weighted by Gasteiger charge is -2.40. The molecule has 4 atom stereocenters. The van der Waals surface area contributed by atoms with Gasteiger partial charge < -0.3 is 20.4 Å². The van der Waals surface area contributed by atoms with Crippen molar-refractivity contribution in [1.82, 2.24) is 0 Å². The Kier molecular flexibility index (Phi) is 2.34. The second-order valence-electron chi connectivity index (χ2n) is 4.76. The summed E-state index contributed by atoms with van der Waals surface area (Å²) in [6, 6.07) is 0. The van der Waals surface area contributed by atoms with Crippen LogP contribution in [0.2, 0.25) is 0 Å². The van der Waals surface area contributed by atoms with Gasteiger partial charge in [0.1, 0.15) is 5.60 Å². The molecule has 2 aliphatic rings. The summed E-state index contributed by atoms with van der Waals surface area (Å²) < 4.78 is 0. The van der Waals surface area contributed by atoms with Crippen molar-refractivity contribution < 1.29 is 20.4 Å². The highest BCUT2D eigenvalue weighted by molar-refractivity contribution is 5.10. The summed E-state index contributed by atoms with van der Waals surface area (Å²) in [7, 11) is 0. The molecular weight excluding hydrogens is 184 g/mol. The summed E-state index contributed by atoms with van der Waals surface area (Å²) in [6.45, 7) is 0. The lowest BCUT2D eigenvalue weighted by molar-refractivity contribution is -0.189. The fourth-order valence-corrected chi connectivity index (χ4v) is 2.91. The molecule has 14 heavy (non-hydrogen) atoms. The smallest absolute Gasteiger partial charge is 0.119 e. The van der Waals surface area contributed by atoms with Crippen LogP contribution >= 0.6 is 0 Å². The van der Waals surface area contributed by atoms with Crippen LogP contribution in [0.15, 0.2) is 0 Å². The van der Waals surface area contributed by atoms with Crippen molar-refractivity contribution in [3.63, 3.8) is 0 Å². The number of rotatable bonds is 1. The Labute approximate surface area is 83.2 Å². The minimum absolute atomic E-state index is 0.181. The summed E-state index contributed by atoms with van der Waals surface area (Å²) >= 11 is 0. The van der Waals surface area contributed by atoms with E-state index in [2.05, 4.69) is 0 Å². The Balaban J connectivity index is 2.20. The number of aliphatic hydroxyl groups is 4. The third kappa shape index (κ3) is 1.29. The van der Waals surface area contributed by atoms with Gasteiger partial charge in [0.05, 0.1) is 17.8 Å². The molecule has 4 N–H and O–H groups in total. The van der Waals surface area contributed by atoms with E-state index in [-0.39, 0.29) is 6.42 Å². The van der Waals surface area contributed by atoms with Crippen molar-refractivity contribution in [3.8, 4) is 0 Å². The SMILES string of the molecule is OC1CCC(O)(C2(O)CCCC2O)C1. The molecule has 0 aromatic rings. The van der Waals surface area contributed by atoms with Crippen LogP contribution in [-0.2, 0) is 0 Å². The monoisotopic (exact) mass is 202 g/mol. The van der Waals surface area contributed by atoms with E-state index in [1.54, 1.807) is 0 Å². The molecule has 2 saturated carbocycles. The van der Waals surface area contributed by atoms with Gasteiger partial charge in [-0.3, -0.25) is 0 Å². The molecule has 0 aromatic heterocycles. The summed E-state index contributed by atoms with van der Waals surface area (Å²) in [5.41, 5.74) is -2.69. The van der Waals surface area contributed by atoms with E-state index >= 15 is 0 Å². The van der Waals surface area contributed by atoms with Crippen molar-refractivity contribution in [2.75, 3.05) is 0 Å². The largest absolute Gasteiger partial charge is 0.393 e. The summed E-state index contributed by atoms with van der Waals surface area (Å²) in [6.07, 6.45) is 1.37. The van der Waals surface area contributed by atoms with Gasteiger partial charge in [-0.2, -0.15) is 0 Å². The molecule has 2 fully saturated rings. The topological polar surface area (TPSA) is 80.9 Å². The third-order valence-corrected chi connectivity index (χ3v) is 3.86. The van der Waals surface area contributed by atoms with Gasteiger partial charge in [-0.25, -0.2) is 0 Å². The van der Waals surface area contributed by atoms with Gasteiger partial charge in [0, 0.05) is 6.42 Å². The lowest BCUT2D eigenvalue weighted by atomic mass is 9.78. The highest BCUT2D eigenvalue weighted by Gasteiger charge is 2.58. The zero-order valence-electron chi connectivity index (χ0n) is 8.19. The maximum absolute atomic E-state index is 10.2. The van der Waals surface area contributed by atoms with Crippen LogP contribution in [0.5, 0.6) is 0 Å². The van der Waals surface area contributed by atoms with Crippen LogP contribution in [-0.4, -0.2) is 43.8 Å². The van der Waals surface area contributed by atoms with E-state index in [1.807, 2.05) is 0 Å². The zero-order valence-corrected chi connectivity index (χ0v) is 8.19. The van der Waals surface area contributed by atoms with Crippen LogP contribution in [0.1, 0.15) is 38.5 Å². The van der Waals surface area contributed by atoms with Crippen molar-refractivity contribution >= 4 is 0 Å². The fourth-order valence-electron chi connectivity index (χ4n) is 2.91. The zero-order chi connectivity index (χ0) is 10.4. The normalized spacial score (nSPS) is 54.0. The predicted octanol–water partition coefficient (Wildman–Crippen LogP) is -0.462. The Bertz CT molecular complexity index is 232. The number of aliphatic hydroxyl groups excluding tert-OH is 2. The molecule has 0 amide bonds. The molecule has 4 nitrogen and oxygen atoms in total. The molecule has 0 spiro atoms. The van der Waals surface area contributed by atoms with E-state index in [0.29, 0.717) is 25.7 Å². The van der Waals surface area contributed by atoms with Gasteiger partial charge in [0.15, 0.2) is 0 Å². The molecule has 0 aromatic carbocycles. The van der Waals surface area contributed by atoms with Crippen LogP contribution in [0.25, 0.3) is 0 Å². The molecule has 0 aliphatic heterocycles. The Morgan fingerprint density at radius 1 is 1.00 bits per heavy atom. The summed E-state index contributed by atoms with van der Waals surface area (Å²) in [4.78, 5) is 0. The van der Waals surface area contributed by atoms with E-state index < -0.39 is 23.4 Å². The molecule has 0 heterocycles. The first-order valence-corrected chi connectivity index (χ1v) is 5.29. The molecular formula is C10H18O4. The first kappa shape index (κ1) is 10.4. The van der Waals surface area contributed by atoms with Crippen LogP contribution in [0.4, 0.5) is 0 Å². The minimum atomic E-state index is -1.40. The molecule has 4 heteroatoms. The van der Waals surface area contributed by atoms with E-state index in [4.69, 9.17) is 0 Å². The standard InChI is InChI=1S/C10H18O4/c11-7-3-5-9(13,6-7)10(14)4-1-2-8(10)12/h7-8,11-14H,1-6H2. The van der Waals surface area contributed by atoms with E-state index in [0.717, 1.165) is 6.42 Å². The van der Waals surface area contributed by atoms with Gasteiger partial charge >= 0.3 is 0 Å². The van der Waals surface area contributed by atoms with Crippen molar-refractivity contribution in [3.05, 3.63) is 0 Å². The van der Waals surface area contributed by atoms with E-state index in [1.165, 1.54) is 0 Å². The third-order valence-electron chi connectivity index (χ3n) is 3.86. The first-order chi connectivity index (χ1) is 6.48. The van der Waals surface area contributed by atoms with Crippen molar-refractivity contribution in [2.45, 2.75) is 61.9 Å². The molecule has 82 valence electrons. The first-order valence-electron chi connectivity index (χ1n) is 5.29. The molecule has 0 radical (unpaired) electrons. The van der Waals surface area contributed by atoms with Crippen LogP contribution in [0, 0.1) is 0 Å². The number of hydrogen-bond acceptors (Lipinski definition) is 4. The van der Waals surface area contributed by atoms with Gasteiger partial charge in [-0.1, -0.05) is 0 Å². The average Bonchev–Trinajstić information content (AvgIpc) is 2.61. The number of hydrogen-bond donors (Lipinski definition) is 4. The quantitative estimate of drug-likeness (QED) is 0.464. The van der Waals surface area contributed by atoms with Crippen molar-refractivity contribution in [2.24, 2.45) is 0 Å². The maximum Gasteiger partial charge on any atom is 0.119 e.